The summed E-state index contributed by atoms with van der Waals surface area (Å²) in [5, 5.41) is 1.01. The molecule has 0 fully saturated rings. The molecule has 17 heavy (non-hydrogen) atoms. The van der Waals surface area contributed by atoms with Crippen LogP contribution >= 0.6 is 23.2 Å². The lowest BCUT2D eigenvalue weighted by molar-refractivity contribution is 0.0527. The molecule has 0 saturated heterocycles. The molecule has 5 heteroatoms. The van der Waals surface area contributed by atoms with E-state index in [9.17, 15) is 0 Å². The van der Waals surface area contributed by atoms with Crippen molar-refractivity contribution in [3.63, 3.8) is 0 Å². The van der Waals surface area contributed by atoms with Crippen LogP contribution in [0.4, 0.5) is 0 Å². The Hall–Kier alpha value is -0.480. The molecule has 0 saturated carbocycles. The van der Waals surface area contributed by atoms with Gasteiger partial charge in [0.25, 0.3) is 0 Å². The van der Waals surface area contributed by atoms with E-state index in [0.29, 0.717) is 35.6 Å². The Bertz CT molecular complexity index is 347. The first-order valence-electron chi connectivity index (χ1n) is 5.57. The van der Waals surface area contributed by atoms with Crippen LogP contribution in [-0.4, -0.2) is 25.9 Å². The van der Waals surface area contributed by atoms with E-state index >= 15 is 0 Å². The highest BCUT2D eigenvalue weighted by Gasteiger charge is 2.06. The van der Waals surface area contributed by atoms with Gasteiger partial charge < -0.3 is 15.2 Å². The van der Waals surface area contributed by atoms with E-state index in [4.69, 9.17) is 38.4 Å². The highest BCUT2D eigenvalue weighted by Crippen LogP contribution is 2.26. The summed E-state index contributed by atoms with van der Waals surface area (Å²) in [7, 11) is 0. The average Bonchev–Trinajstić information content (AvgIpc) is 2.32. The van der Waals surface area contributed by atoms with E-state index in [0.717, 1.165) is 6.42 Å². The Balaban J connectivity index is 2.37. The van der Waals surface area contributed by atoms with Crippen LogP contribution in [0.25, 0.3) is 0 Å². The predicted molar refractivity (Wildman–Crippen MR) is 71.0 cm³/mol. The maximum Gasteiger partial charge on any atom is 0.120 e. The molecular weight excluding hydrogens is 261 g/mol. The van der Waals surface area contributed by atoms with Gasteiger partial charge in [-0.15, -0.1) is 0 Å². The Morgan fingerprint density at radius 3 is 2.65 bits per heavy atom. The zero-order chi connectivity index (χ0) is 12.7. The quantitative estimate of drug-likeness (QED) is 0.833. The molecule has 2 N–H and O–H groups in total. The summed E-state index contributed by atoms with van der Waals surface area (Å²) in [6.07, 6.45) is 0.799. The lowest BCUT2D eigenvalue weighted by Crippen LogP contribution is -2.25. The van der Waals surface area contributed by atoms with Gasteiger partial charge in [0, 0.05) is 25.6 Å². The van der Waals surface area contributed by atoms with Gasteiger partial charge in [-0.2, -0.15) is 0 Å². The monoisotopic (exact) mass is 277 g/mol. The van der Waals surface area contributed by atoms with Gasteiger partial charge in [-0.1, -0.05) is 23.2 Å². The summed E-state index contributed by atoms with van der Waals surface area (Å²) < 4.78 is 11.0. The Morgan fingerprint density at radius 2 is 2.06 bits per heavy atom. The maximum absolute atomic E-state index is 5.88. The number of rotatable bonds is 7. The van der Waals surface area contributed by atoms with Crippen molar-refractivity contribution in [1.29, 1.82) is 0 Å². The fourth-order valence-electron chi connectivity index (χ4n) is 1.38. The van der Waals surface area contributed by atoms with E-state index in [2.05, 4.69) is 0 Å². The minimum atomic E-state index is 0.0442. The third-order valence-corrected chi connectivity index (χ3v) is 3.00. The fourth-order valence-corrected chi connectivity index (χ4v) is 1.67. The maximum atomic E-state index is 5.88. The summed E-state index contributed by atoms with van der Waals surface area (Å²) in [5.74, 6) is 0.701. The van der Waals surface area contributed by atoms with Gasteiger partial charge in [0.05, 0.1) is 22.8 Å². The molecule has 96 valence electrons. The second-order valence-corrected chi connectivity index (χ2v) is 4.34. The van der Waals surface area contributed by atoms with Crippen molar-refractivity contribution in [2.45, 2.75) is 19.4 Å². The number of ether oxygens (including phenoxy) is 2. The third kappa shape index (κ3) is 5.13. The smallest absolute Gasteiger partial charge is 0.120 e. The van der Waals surface area contributed by atoms with Crippen molar-refractivity contribution in [3.05, 3.63) is 28.2 Å². The molecule has 3 nitrogen and oxygen atoms in total. The molecule has 1 rings (SSSR count). The number of benzene rings is 1. The number of hydrogen-bond acceptors (Lipinski definition) is 3. The molecule has 0 aliphatic heterocycles. The second kappa shape index (κ2) is 7.77. The van der Waals surface area contributed by atoms with Crippen LogP contribution in [0, 0.1) is 0 Å². The molecule has 0 amide bonds. The first-order chi connectivity index (χ1) is 8.17. The van der Waals surface area contributed by atoms with Crippen molar-refractivity contribution in [3.8, 4) is 5.75 Å². The molecule has 0 spiro atoms. The zero-order valence-corrected chi connectivity index (χ0v) is 11.3. The van der Waals surface area contributed by atoms with Crippen LogP contribution in [-0.2, 0) is 4.74 Å². The topological polar surface area (TPSA) is 44.5 Å². The van der Waals surface area contributed by atoms with Crippen molar-refractivity contribution in [2.75, 3.05) is 19.8 Å². The molecule has 0 heterocycles. The summed E-state index contributed by atoms with van der Waals surface area (Å²) in [4.78, 5) is 0. The third-order valence-electron chi connectivity index (χ3n) is 2.26. The van der Waals surface area contributed by atoms with E-state index in [1.165, 1.54) is 0 Å². The van der Waals surface area contributed by atoms with E-state index < -0.39 is 0 Å². The molecule has 1 unspecified atom stereocenters. The first kappa shape index (κ1) is 14.6. The zero-order valence-electron chi connectivity index (χ0n) is 9.79. The van der Waals surface area contributed by atoms with Gasteiger partial charge in [0.1, 0.15) is 5.75 Å². The Labute approximate surface area is 112 Å². The highest BCUT2D eigenvalue weighted by atomic mass is 35.5. The molecule has 1 atom stereocenters. The van der Waals surface area contributed by atoms with Gasteiger partial charge in [0.15, 0.2) is 0 Å². The molecule has 1 aromatic rings. The molecule has 1 aromatic carbocycles. The van der Waals surface area contributed by atoms with Crippen LogP contribution in [0.5, 0.6) is 5.75 Å². The van der Waals surface area contributed by atoms with Crippen LogP contribution in [0.1, 0.15) is 13.3 Å². The summed E-state index contributed by atoms with van der Waals surface area (Å²) in [6, 6.07) is 5.19. The fraction of sp³-hybridized carbons (Fsp3) is 0.500. The van der Waals surface area contributed by atoms with Crippen LogP contribution in [0.2, 0.25) is 10.0 Å². The summed E-state index contributed by atoms with van der Waals surface area (Å²) in [6.45, 7) is 3.65. The molecule has 0 aliphatic rings. The van der Waals surface area contributed by atoms with Crippen molar-refractivity contribution in [1.82, 2.24) is 0 Å². The molecule has 0 aliphatic carbocycles. The van der Waals surface area contributed by atoms with Crippen molar-refractivity contribution >= 4 is 23.2 Å². The van der Waals surface area contributed by atoms with Crippen LogP contribution in [0.15, 0.2) is 18.2 Å². The van der Waals surface area contributed by atoms with Crippen molar-refractivity contribution < 1.29 is 9.47 Å². The van der Waals surface area contributed by atoms with Crippen molar-refractivity contribution in [2.24, 2.45) is 5.73 Å². The van der Waals surface area contributed by atoms with E-state index in [1.54, 1.807) is 18.2 Å². The van der Waals surface area contributed by atoms with Crippen LogP contribution < -0.4 is 10.5 Å². The highest BCUT2D eigenvalue weighted by molar-refractivity contribution is 6.42. The van der Waals surface area contributed by atoms with E-state index in [-0.39, 0.29) is 6.10 Å². The van der Waals surface area contributed by atoms with E-state index in [1.807, 2.05) is 6.92 Å². The molecular formula is C12H17Cl2NO2. The van der Waals surface area contributed by atoms with Gasteiger partial charge >= 0.3 is 0 Å². The average molecular weight is 278 g/mol. The van der Waals surface area contributed by atoms with Gasteiger partial charge in [-0.05, 0) is 19.1 Å². The Morgan fingerprint density at radius 1 is 1.29 bits per heavy atom. The number of halogens is 2. The predicted octanol–water partition coefficient (Wildman–Crippen LogP) is 3.13. The summed E-state index contributed by atoms with van der Waals surface area (Å²) in [5.41, 5.74) is 5.56. The second-order valence-electron chi connectivity index (χ2n) is 3.53. The largest absolute Gasteiger partial charge is 0.493 e. The standard InChI is InChI=1S/C12H17Cl2NO2/c1-2-16-10(8-15)5-6-17-9-3-4-11(13)12(14)7-9/h3-4,7,10H,2,5-6,8,15H2,1H3. The lowest BCUT2D eigenvalue weighted by Gasteiger charge is -2.15. The number of nitrogens with two attached hydrogens (primary N) is 1. The number of hydrogen-bond donors (Lipinski definition) is 1. The molecule has 0 aromatic heterocycles. The van der Waals surface area contributed by atoms with Gasteiger partial charge in [-0.3, -0.25) is 0 Å². The van der Waals surface area contributed by atoms with Crippen LogP contribution in [0.3, 0.4) is 0 Å². The SMILES string of the molecule is CCOC(CN)CCOc1ccc(Cl)c(Cl)c1. The normalized spacial score (nSPS) is 12.5. The minimum absolute atomic E-state index is 0.0442. The summed E-state index contributed by atoms with van der Waals surface area (Å²) >= 11 is 11.7. The van der Waals surface area contributed by atoms with Gasteiger partial charge in [-0.25, -0.2) is 0 Å². The molecule has 0 bridgehead atoms. The lowest BCUT2D eigenvalue weighted by atomic mass is 10.2. The van der Waals surface area contributed by atoms with Gasteiger partial charge in [0.2, 0.25) is 0 Å². The molecule has 0 radical (unpaired) electrons. The Kier molecular flexibility index (Phi) is 6.66. The minimum Gasteiger partial charge on any atom is -0.493 e. The first-order valence-corrected chi connectivity index (χ1v) is 6.32.